The molecule has 2 aliphatic rings. The second-order valence-electron chi connectivity index (χ2n) is 8.79. The standard InChI is InChI=1S/C26H27N5O3S2/c1-4-23(32)31-17-8-9-18(31)15-30(14-17)25(33)19-12-21(16(2)11-20(19)34-3)35-24-13-28-26(36-24)29-22-7-5-6-10-27-22/h4-7,10-13,17-18H,1,8-9,14-15H2,2-3H3,(H,27,28,29)/t17-,18+. The Balaban J connectivity index is 1.35. The molecule has 0 aliphatic carbocycles. The molecule has 36 heavy (non-hydrogen) atoms. The van der Waals surface area contributed by atoms with Crippen molar-refractivity contribution in [2.45, 2.75) is 41.0 Å². The summed E-state index contributed by atoms with van der Waals surface area (Å²) >= 11 is 3.10. The van der Waals surface area contributed by atoms with Gasteiger partial charge in [-0.2, -0.15) is 0 Å². The summed E-state index contributed by atoms with van der Waals surface area (Å²) in [5, 5.41) is 3.96. The van der Waals surface area contributed by atoms with Crippen LogP contribution in [0.1, 0.15) is 28.8 Å². The average molecular weight is 522 g/mol. The molecular weight excluding hydrogens is 494 g/mol. The lowest BCUT2D eigenvalue weighted by molar-refractivity contribution is -0.131. The molecule has 2 fully saturated rings. The van der Waals surface area contributed by atoms with Crippen LogP contribution in [0.5, 0.6) is 5.75 Å². The number of piperazine rings is 1. The van der Waals surface area contributed by atoms with Gasteiger partial charge in [0.2, 0.25) is 5.91 Å². The zero-order valence-corrected chi connectivity index (χ0v) is 21.8. The first-order valence-electron chi connectivity index (χ1n) is 11.7. The van der Waals surface area contributed by atoms with Gasteiger partial charge in [0.15, 0.2) is 5.13 Å². The van der Waals surface area contributed by atoms with Crippen molar-refractivity contribution >= 4 is 45.9 Å². The number of benzene rings is 1. The Labute approximate surface area is 218 Å². The minimum Gasteiger partial charge on any atom is -0.496 e. The van der Waals surface area contributed by atoms with E-state index in [1.165, 1.54) is 17.4 Å². The smallest absolute Gasteiger partial charge is 0.257 e. The Kier molecular flexibility index (Phi) is 6.97. The molecule has 2 saturated heterocycles. The van der Waals surface area contributed by atoms with Crippen molar-refractivity contribution in [1.29, 1.82) is 0 Å². The number of thiazole rings is 1. The zero-order chi connectivity index (χ0) is 25.2. The summed E-state index contributed by atoms with van der Waals surface area (Å²) < 4.78 is 6.59. The fourth-order valence-corrected chi connectivity index (χ4v) is 6.78. The maximum Gasteiger partial charge on any atom is 0.257 e. The van der Waals surface area contributed by atoms with E-state index in [-0.39, 0.29) is 23.9 Å². The predicted octanol–water partition coefficient (Wildman–Crippen LogP) is 4.75. The number of fused-ring (bicyclic) bond motifs is 2. The SMILES string of the molecule is C=CC(=O)N1[C@@H]2CC[C@H]1CN(C(=O)c1cc(Sc3cnc(Nc4ccccn4)s3)c(C)cc1OC)C2. The Morgan fingerprint density at radius 3 is 2.67 bits per heavy atom. The first kappa shape index (κ1) is 24.3. The van der Waals surface area contributed by atoms with Crippen LogP contribution in [0.3, 0.4) is 0 Å². The second-order valence-corrected chi connectivity index (χ2v) is 11.2. The summed E-state index contributed by atoms with van der Waals surface area (Å²) in [5.41, 5.74) is 1.55. The number of pyridine rings is 1. The van der Waals surface area contributed by atoms with Crippen molar-refractivity contribution in [2.75, 3.05) is 25.5 Å². The molecule has 10 heteroatoms. The van der Waals surface area contributed by atoms with Crippen molar-refractivity contribution < 1.29 is 14.3 Å². The molecule has 2 atom stereocenters. The van der Waals surface area contributed by atoms with E-state index in [1.54, 1.807) is 25.1 Å². The van der Waals surface area contributed by atoms with E-state index in [4.69, 9.17) is 4.74 Å². The molecule has 3 aromatic rings. The Hall–Kier alpha value is -3.37. The number of aryl methyl sites for hydroxylation is 1. The van der Waals surface area contributed by atoms with Crippen molar-refractivity contribution in [2.24, 2.45) is 0 Å². The number of hydrogen-bond donors (Lipinski definition) is 1. The Morgan fingerprint density at radius 2 is 2.00 bits per heavy atom. The summed E-state index contributed by atoms with van der Waals surface area (Å²) in [6.45, 7) is 6.68. The molecule has 1 aromatic carbocycles. The molecule has 186 valence electrons. The minimum atomic E-state index is -0.0712. The predicted molar refractivity (Wildman–Crippen MR) is 141 cm³/mol. The average Bonchev–Trinajstić information content (AvgIpc) is 3.44. The lowest BCUT2D eigenvalue weighted by Gasteiger charge is -2.40. The van der Waals surface area contributed by atoms with Crippen LogP contribution in [0.2, 0.25) is 0 Å². The number of carbonyl (C=O) groups excluding carboxylic acids is 2. The molecule has 2 bridgehead atoms. The van der Waals surface area contributed by atoms with Crippen LogP contribution in [-0.2, 0) is 4.79 Å². The second kappa shape index (κ2) is 10.3. The maximum absolute atomic E-state index is 13.7. The van der Waals surface area contributed by atoms with Gasteiger partial charge < -0.3 is 19.9 Å². The van der Waals surface area contributed by atoms with Gasteiger partial charge in [0.25, 0.3) is 5.91 Å². The third kappa shape index (κ3) is 4.83. The fraction of sp³-hybridized carbons (Fsp3) is 0.308. The summed E-state index contributed by atoms with van der Waals surface area (Å²) in [6.07, 6.45) is 6.72. The monoisotopic (exact) mass is 521 g/mol. The molecule has 2 aromatic heterocycles. The third-order valence-electron chi connectivity index (χ3n) is 6.52. The van der Waals surface area contributed by atoms with Crippen LogP contribution in [0.25, 0.3) is 0 Å². The molecule has 8 nitrogen and oxygen atoms in total. The molecule has 2 aliphatic heterocycles. The minimum absolute atomic E-state index is 0.0331. The molecular formula is C26H27N5O3S2. The number of nitrogens with zero attached hydrogens (tertiary/aromatic N) is 4. The highest BCUT2D eigenvalue weighted by Crippen LogP contribution is 2.39. The number of aromatic nitrogens is 2. The van der Waals surface area contributed by atoms with Crippen molar-refractivity contribution in [3.8, 4) is 5.75 Å². The van der Waals surface area contributed by atoms with Gasteiger partial charge >= 0.3 is 0 Å². The largest absolute Gasteiger partial charge is 0.496 e. The number of ether oxygens (including phenoxy) is 1. The van der Waals surface area contributed by atoms with E-state index in [1.807, 2.05) is 53.3 Å². The van der Waals surface area contributed by atoms with Gasteiger partial charge in [0.1, 0.15) is 11.6 Å². The number of methoxy groups -OCH3 is 1. The summed E-state index contributed by atoms with van der Waals surface area (Å²) in [7, 11) is 1.58. The van der Waals surface area contributed by atoms with Gasteiger partial charge in [0.05, 0.1) is 35.2 Å². The normalized spacial score (nSPS) is 18.7. The fourth-order valence-electron chi connectivity index (χ4n) is 4.83. The van der Waals surface area contributed by atoms with E-state index >= 15 is 0 Å². The zero-order valence-electron chi connectivity index (χ0n) is 20.1. The summed E-state index contributed by atoms with van der Waals surface area (Å²) in [5.74, 6) is 1.17. The van der Waals surface area contributed by atoms with Crippen LogP contribution in [0.4, 0.5) is 10.9 Å². The van der Waals surface area contributed by atoms with E-state index in [2.05, 4.69) is 21.9 Å². The molecule has 0 spiro atoms. The van der Waals surface area contributed by atoms with Gasteiger partial charge in [-0.05, 0) is 55.7 Å². The quantitative estimate of drug-likeness (QED) is 0.449. The number of nitrogens with one attached hydrogen (secondary N) is 1. The van der Waals surface area contributed by atoms with Crippen LogP contribution in [0, 0.1) is 6.92 Å². The summed E-state index contributed by atoms with van der Waals surface area (Å²) in [4.78, 5) is 39.4. The molecule has 1 N–H and O–H groups in total. The number of carbonyl (C=O) groups is 2. The third-order valence-corrected chi connectivity index (χ3v) is 8.69. The van der Waals surface area contributed by atoms with Gasteiger partial charge in [-0.1, -0.05) is 35.7 Å². The Bertz CT molecular complexity index is 1280. The number of likely N-dealkylation sites (tertiary alicyclic amines) is 1. The van der Waals surface area contributed by atoms with Gasteiger partial charge in [0, 0.05) is 24.2 Å². The van der Waals surface area contributed by atoms with Crippen molar-refractivity contribution in [1.82, 2.24) is 19.8 Å². The number of hydrogen-bond acceptors (Lipinski definition) is 8. The number of anilines is 2. The highest BCUT2D eigenvalue weighted by Gasteiger charge is 2.43. The molecule has 0 radical (unpaired) electrons. The van der Waals surface area contributed by atoms with E-state index in [9.17, 15) is 9.59 Å². The van der Waals surface area contributed by atoms with E-state index in [0.29, 0.717) is 24.4 Å². The highest BCUT2D eigenvalue weighted by molar-refractivity contribution is 8.01. The molecule has 0 saturated carbocycles. The van der Waals surface area contributed by atoms with Crippen LogP contribution in [0.15, 0.2) is 64.5 Å². The van der Waals surface area contributed by atoms with Crippen LogP contribution >= 0.6 is 23.1 Å². The highest BCUT2D eigenvalue weighted by atomic mass is 32.2. The first-order valence-corrected chi connectivity index (χ1v) is 13.3. The Morgan fingerprint density at radius 1 is 1.22 bits per heavy atom. The van der Waals surface area contributed by atoms with Gasteiger partial charge in [-0.25, -0.2) is 9.97 Å². The van der Waals surface area contributed by atoms with E-state index < -0.39 is 0 Å². The first-order chi connectivity index (χ1) is 17.5. The molecule has 2 amide bonds. The van der Waals surface area contributed by atoms with Crippen LogP contribution < -0.4 is 10.1 Å². The van der Waals surface area contributed by atoms with Crippen LogP contribution in [-0.4, -0.2) is 63.9 Å². The molecule has 0 unspecified atom stereocenters. The number of rotatable bonds is 7. The lowest BCUT2D eigenvalue weighted by atomic mass is 10.1. The number of amides is 2. The lowest BCUT2D eigenvalue weighted by Crippen LogP contribution is -2.56. The molecule has 4 heterocycles. The molecule has 5 rings (SSSR count). The van der Waals surface area contributed by atoms with Gasteiger partial charge in [-0.3, -0.25) is 9.59 Å². The maximum atomic E-state index is 13.7. The van der Waals surface area contributed by atoms with Crippen molar-refractivity contribution in [3.63, 3.8) is 0 Å². The van der Waals surface area contributed by atoms with Gasteiger partial charge in [-0.15, -0.1) is 0 Å². The summed E-state index contributed by atoms with van der Waals surface area (Å²) in [6, 6.07) is 9.56. The topological polar surface area (TPSA) is 87.7 Å². The van der Waals surface area contributed by atoms with E-state index in [0.717, 1.165) is 38.5 Å². The van der Waals surface area contributed by atoms with Crippen molar-refractivity contribution in [3.05, 3.63) is 66.5 Å².